The first-order valence-electron chi connectivity index (χ1n) is 9.95. The van der Waals surface area contributed by atoms with Gasteiger partial charge >= 0.3 is 5.97 Å². The average Bonchev–Trinajstić information content (AvgIpc) is 2.78. The SMILES string of the molecule is COC(=O)COC1(c2ccc(OCc3cccc(-c4ccccc4Cl)c3)cc2)COC1. The molecule has 1 heterocycles. The normalized spacial score (nSPS) is 14.5. The molecule has 0 aliphatic carbocycles. The Labute approximate surface area is 186 Å². The Kier molecular flexibility index (Phi) is 6.56. The highest BCUT2D eigenvalue weighted by atomic mass is 35.5. The highest BCUT2D eigenvalue weighted by molar-refractivity contribution is 6.33. The summed E-state index contributed by atoms with van der Waals surface area (Å²) in [6, 6.07) is 23.6. The maximum atomic E-state index is 11.4. The van der Waals surface area contributed by atoms with Crippen molar-refractivity contribution in [1.29, 1.82) is 0 Å². The first-order chi connectivity index (χ1) is 15.1. The van der Waals surface area contributed by atoms with Crippen molar-refractivity contribution in [2.75, 3.05) is 26.9 Å². The van der Waals surface area contributed by atoms with Crippen LogP contribution < -0.4 is 4.74 Å². The molecule has 160 valence electrons. The van der Waals surface area contributed by atoms with Gasteiger partial charge < -0.3 is 18.9 Å². The van der Waals surface area contributed by atoms with E-state index in [1.54, 1.807) is 0 Å². The van der Waals surface area contributed by atoms with Gasteiger partial charge in [0, 0.05) is 10.6 Å². The van der Waals surface area contributed by atoms with Gasteiger partial charge in [0.25, 0.3) is 0 Å². The van der Waals surface area contributed by atoms with Crippen molar-refractivity contribution in [3.05, 3.63) is 88.9 Å². The Bertz CT molecular complexity index is 1040. The van der Waals surface area contributed by atoms with Crippen molar-refractivity contribution < 1.29 is 23.7 Å². The highest BCUT2D eigenvalue weighted by Gasteiger charge is 2.42. The molecule has 3 aromatic rings. The molecule has 4 rings (SSSR count). The quantitative estimate of drug-likeness (QED) is 0.463. The number of halogens is 1. The van der Waals surface area contributed by atoms with Gasteiger partial charge in [-0.3, -0.25) is 0 Å². The minimum atomic E-state index is -0.615. The molecule has 1 fully saturated rings. The Morgan fingerprint density at radius 3 is 2.48 bits per heavy atom. The standard InChI is InChI=1S/C25H23ClO5/c1-28-24(27)15-31-25(16-29-17-25)20-9-11-21(12-10-20)30-14-18-5-4-6-19(13-18)22-7-2-3-8-23(22)26/h2-13H,14-17H2,1H3. The van der Waals surface area contributed by atoms with Crippen molar-refractivity contribution in [1.82, 2.24) is 0 Å². The van der Waals surface area contributed by atoms with Crippen LogP contribution in [0.3, 0.4) is 0 Å². The zero-order chi connectivity index (χ0) is 21.7. The topological polar surface area (TPSA) is 54.0 Å². The first kappa shape index (κ1) is 21.4. The van der Waals surface area contributed by atoms with Gasteiger partial charge in [0.05, 0.1) is 20.3 Å². The molecule has 0 aromatic heterocycles. The van der Waals surface area contributed by atoms with E-state index in [4.69, 9.17) is 25.8 Å². The lowest BCUT2D eigenvalue weighted by Crippen LogP contribution is -2.49. The Balaban J connectivity index is 1.40. The van der Waals surface area contributed by atoms with Gasteiger partial charge in [0.1, 0.15) is 24.6 Å². The maximum absolute atomic E-state index is 11.4. The molecule has 0 atom stereocenters. The van der Waals surface area contributed by atoms with E-state index in [1.165, 1.54) is 7.11 Å². The number of hydrogen-bond donors (Lipinski definition) is 0. The zero-order valence-corrected chi connectivity index (χ0v) is 17.9. The predicted molar refractivity (Wildman–Crippen MR) is 118 cm³/mol. The van der Waals surface area contributed by atoms with Crippen LogP contribution in [0, 0.1) is 0 Å². The molecule has 0 saturated carbocycles. The van der Waals surface area contributed by atoms with E-state index in [0.717, 1.165) is 33.0 Å². The summed E-state index contributed by atoms with van der Waals surface area (Å²) in [6.45, 7) is 1.13. The Hall–Kier alpha value is -2.86. The van der Waals surface area contributed by atoms with Crippen LogP contribution in [0.4, 0.5) is 0 Å². The fourth-order valence-corrected chi connectivity index (χ4v) is 3.67. The van der Waals surface area contributed by atoms with Crippen molar-refractivity contribution in [3.8, 4) is 16.9 Å². The molecule has 1 aliphatic rings. The number of methoxy groups -OCH3 is 1. The van der Waals surface area contributed by atoms with Crippen LogP contribution in [0.1, 0.15) is 11.1 Å². The van der Waals surface area contributed by atoms with E-state index in [-0.39, 0.29) is 6.61 Å². The number of carbonyl (C=O) groups is 1. The summed E-state index contributed by atoms with van der Waals surface area (Å²) in [5.41, 5.74) is 3.42. The van der Waals surface area contributed by atoms with Gasteiger partial charge in [0.2, 0.25) is 0 Å². The first-order valence-corrected chi connectivity index (χ1v) is 10.3. The number of rotatable bonds is 8. The van der Waals surface area contributed by atoms with Crippen molar-refractivity contribution in [3.63, 3.8) is 0 Å². The molecule has 3 aromatic carbocycles. The van der Waals surface area contributed by atoms with E-state index < -0.39 is 11.6 Å². The minimum absolute atomic E-state index is 0.111. The maximum Gasteiger partial charge on any atom is 0.331 e. The van der Waals surface area contributed by atoms with Crippen molar-refractivity contribution >= 4 is 17.6 Å². The molecule has 0 N–H and O–H groups in total. The molecule has 1 saturated heterocycles. The predicted octanol–water partition coefficient (Wildman–Crippen LogP) is 5.00. The second-order valence-electron chi connectivity index (χ2n) is 7.35. The number of benzene rings is 3. The lowest BCUT2D eigenvalue weighted by atomic mass is 9.91. The molecule has 0 spiro atoms. The molecule has 31 heavy (non-hydrogen) atoms. The monoisotopic (exact) mass is 438 g/mol. The van der Waals surface area contributed by atoms with Gasteiger partial charge in [0.15, 0.2) is 0 Å². The zero-order valence-electron chi connectivity index (χ0n) is 17.2. The summed E-state index contributed by atoms with van der Waals surface area (Å²) in [5, 5.41) is 0.722. The van der Waals surface area contributed by atoms with Crippen LogP contribution in [-0.4, -0.2) is 32.9 Å². The van der Waals surface area contributed by atoms with E-state index in [1.807, 2.05) is 66.7 Å². The van der Waals surface area contributed by atoms with Crippen LogP contribution in [0.2, 0.25) is 5.02 Å². The van der Waals surface area contributed by atoms with Crippen molar-refractivity contribution in [2.45, 2.75) is 12.2 Å². The van der Waals surface area contributed by atoms with Crippen LogP contribution in [-0.2, 0) is 31.2 Å². The molecule has 0 bridgehead atoms. The van der Waals surface area contributed by atoms with Crippen LogP contribution in [0.25, 0.3) is 11.1 Å². The van der Waals surface area contributed by atoms with E-state index in [9.17, 15) is 4.79 Å². The summed E-state index contributed by atoms with van der Waals surface area (Å²) < 4.78 is 21.7. The summed E-state index contributed by atoms with van der Waals surface area (Å²) in [7, 11) is 1.34. The van der Waals surface area contributed by atoms with E-state index in [0.29, 0.717) is 19.8 Å². The number of ether oxygens (including phenoxy) is 4. The molecule has 0 unspecified atom stereocenters. The minimum Gasteiger partial charge on any atom is -0.489 e. The fraction of sp³-hybridized carbons (Fsp3) is 0.240. The smallest absolute Gasteiger partial charge is 0.331 e. The Morgan fingerprint density at radius 1 is 1.03 bits per heavy atom. The summed E-state index contributed by atoms with van der Waals surface area (Å²) in [4.78, 5) is 11.4. The number of esters is 1. The molecule has 1 aliphatic heterocycles. The van der Waals surface area contributed by atoms with Crippen molar-refractivity contribution in [2.24, 2.45) is 0 Å². The molecule has 0 radical (unpaired) electrons. The van der Waals surface area contributed by atoms with Crippen LogP contribution >= 0.6 is 11.6 Å². The highest BCUT2D eigenvalue weighted by Crippen LogP contribution is 2.35. The van der Waals surface area contributed by atoms with E-state index >= 15 is 0 Å². The summed E-state index contributed by atoms with van der Waals surface area (Å²) in [6.07, 6.45) is 0. The van der Waals surface area contributed by atoms with Gasteiger partial charge in [-0.05, 0) is 41.0 Å². The third-order valence-corrected chi connectivity index (χ3v) is 5.59. The number of hydrogen-bond acceptors (Lipinski definition) is 5. The molecular formula is C25H23ClO5. The van der Waals surface area contributed by atoms with Gasteiger partial charge in [-0.15, -0.1) is 0 Å². The van der Waals surface area contributed by atoms with Crippen LogP contribution in [0.15, 0.2) is 72.8 Å². The second kappa shape index (κ2) is 9.52. The summed E-state index contributed by atoms with van der Waals surface area (Å²) in [5.74, 6) is 0.334. The molecule has 5 nitrogen and oxygen atoms in total. The average molecular weight is 439 g/mol. The lowest BCUT2D eigenvalue weighted by Gasteiger charge is -2.41. The van der Waals surface area contributed by atoms with Gasteiger partial charge in [-0.2, -0.15) is 0 Å². The number of carbonyl (C=O) groups excluding carboxylic acids is 1. The Morgan fingerprint density at radius 2 is 1.81 bits per heavy atom. The fourth-order valence-electron chi connectivity index (χ4n) is 3.42. The van der Waals surface area contributed by atoms with Crippen LogP contribution in [0.5, 0.6) is 5.75 Å². The largest absolute Gasteiger partial charge is 0.489 e. The summed E-state index contributed by atoms with van der Waals surface area (Å²) >= 11 is 6.32. The lowest BCUT2D eigenvalue weighted by molar-refractivity contribution is -0.220. The molecular weight excluding hydrogens is 416 g/mol. The third kappa shape index (κ3) is 4.90. The van der Waals surface area contributed by atoms with E-state index in [2.05, 4.69) is 10.8 Å². The second-order valence-corrected chi connectivity index (χ2v) is 7.75. The van der Waals surface area contributed by atoms with Gasteiger partial charge in [-0.1, -0.05) is 60.1 Å². The van der Waals surface area contributed by atoms with Gasteiger partial charge in [-0.25, -0.2) is 4.79 Å². The molecule has 6 heteroatoms. The molecule has 0 amide bonds. The third-order valence-electron chi connectivity index (χ3n) is 5.26.